The first-order valence-corrected chi connectivity index (χ1v) is 5.35. The van der Waals surface area contributed by atoms with Gasteiger partial charge in [0.15, 0.2) is 0 Å². The largest absolute Gasteiger partial charge is 0.308 e. The predicted octanol–water partition coefficient (Wildman–Crippen LogP) is 1.09. The molecule has 0 radical (unpaired) electrons. The SMILES string of the molecule is CC(NCCc1ncn[nH]1)c1ccccn1. The summed E-state index contributed by atoms with van der Waals surface area (Å²) >= 11 is 0. The highest BCUT2D eigenvalue weighted by Crippen LogP contribution is 2.07. The van der Waals surface area contributed by atoms with Crippen molar-refractivity contribution in [3.63, 3.8) is 0 Å². The van der Waals surface area contributed by atoms with E-state index < -0.39 is 0 Å². The number of aromatic amines is 1. The van der Waals surface area contributed by atoms with Crippen LogP contribution in [0.4, 0.5) is 0 Å². The van der Waals surface area contributed by atoms with Crippen molar-refractivity contribution in [2.24, 2.45) is 0 Å². The van der Waals surface area contributed by atoms with Gasteiger partial charge in [0.05, 0.1) is 5.69 Å². The second kappa shape index (κ2) is 5.37. The molecule has 0 spiro atoms. The molecule has 84 valence electrons. The van der Waals surface area contributed by atoms with Crippen LogP contribution in [-0.4, -0.2) is 26.7 Å². The quantitative estimate of drug-likeness (QED) is 0.787. The summed E-state index contributed by atoms with van der Waals surface area (Å²) in [6.07, 6.45) is 4.18. The molecule has 0 fully saturated rings. The van der Waals surface area contributed by atoms with E-state index in [9.17, 15) is 0 Å². The molecule has 0 aliphatic rings. The zero-order valence-electron chi connectivity index (χ0n) is 9.22. The van der Waals surface area contributed by atoms with Gasteiger partial charge in [0.1, 0.15) is 12.2 Å². The normalized spacial score (nSPS) is 12.6. The van der Waals surface area contributed by atoms with E-state index in [0.717, 1.165) is 24.5 Å². The fourth-order valence-corrected chi connectivity index (χ4v) is 1.50. The number of hydrogen-bond acceptors (Lipinski definition) is 4. The van der Waals surface area contributed by atoms with Gasteiger partial charge in [0.2, 0.25) is 0 Å². The molecule has 0 saturated carbocycles. The van der Waals surface area contributed by atoms with Gasteiger partial charge in [0.25, 0.3) is 0 Å². The predicted molar refractivity (Wildman–Crippen MR) is 60.7 cm³/mol. The topological polar surface area (TPSA) is 66.5 Å². The van der Waals surface area contributed by atoms with Gasteiger partial charge in [-0.3, -0.25) is 10.1 Å². The molecule has 2 heterocycles. The molecule has 1 unspecified atom stereocenters. The molecule has 0 aromatic carbocycles. The molecular formula is C11H15N5. The van der Waals surface area contributed by atoms with E-state index in [-0.39, 0.29) is 6.04 Å². The summed E-state index contributed by atoms with van der Waals surface area (Å²) in [4.78, 5) is 8.36. The van der Waals surface area contributed by atoms with Crippen LogP contribution in [0.1, 0.15) is 24.5 Å². The lowest BCUT2D eigenvalue weighted by molar-refractivity contribution is 0.558. The molecular weight excluding hydrogens is 202 g/mol. The van der Waals surface area contributed by atoms with Crippen LogP contribution < -0.4 is 5.32 Å². The van der Waals surface area contributed by atoms with Gasteiger partial charge in [-0.05, 0) is 19.1 Å². The lowest BCUT2D eigenvalue weighted by Crippen LogP contribution is -2.22. The van der Waals surface area contributed by atoms with E-state index >= 15 is 0 Å². The number of nitrogens with zero attached hydrogens (tertiary/aromatic N) is 3. The second-order valence-corrected chi connectivity index (χ2v) is 3.61. The highest BCUT2D eigenvalue weighted by molar-refractivity contribution is 5.07. The van der Waals surface area contributed by atoms with Crippen LogP contribution in [0.25, 0.3) is 0 Å². The Kier molecular flexibility index (Phi) is 3.61. The highest BCUT2D eigenvalue weighted by atomic mass is 15.2. The maximum atomic E-state index is 4.30. The standard InChI is InChI=1S/C11H15N5/c1-9(10-4-2-3-6-13-10)12-7-5-11-14-8-15-16-11/h2-4,6,8-9,12H,5,7H2,1H3,(H,14,15,16). The van der Waals surface area contributed by atoms with Crippen molar-refractivity contribution >= 4 is 0 Å². The number of pyridine rings is 1. The lowest BCUT2D eigenvalue weighted by atomic mass is 10.2. The van der Waals surface area contributed by atoms with Gasteiger partial charge in [0, 0.05) is 25.2 Å². The summed E-state index contributed by atoms with van der Waals surface area (Å²) < 4.78 is 0. The summed E-state index contributed by atoms with van der Waals surface area (Å²) in [6, 6.07) is 6.19. The van der Waals surface area contributed by atoms with Crippen LogP contribution in [-0.2, 0) is 6.42 Å². The molecule has 2 rings (SSSR count). The zero-order chi connectivity index (χ0) is 11.2. The third-order valence-electron chi connectivity index (χ3n) is 2.41. The second-order valence-electron chi connectivity index (χ2n) is 3.61. The van der Waals surface area contributed by atoms with Crippen LogP contribution in [0.3, 0.4) is 0 Å². The van der Waals surface area contributed by atoms with Crippen LogP contribution in [0.15, 0.2) is 30.7 Å². The molecule has 0 aliphatic carbocycles. The lowest BCUT2D eigenvalue weighted by Gasteiger charge is -2.12. The van der Waals surface area contributed by atoms with E-state index in [1.807, 2.05) is 24.4 Å². The molecule has 0 amide bonds. The first-order valence-electron chi connectivity index (χ1n) is 5.35. The Balaban J connectivity index is 1.78. The average molecular weight is 217 g/mol. The molecule has 1 atom stereocenters. The average Bonchev–Trinajstić information content (AvgIpc) is 2.83. The van der Waals surface area contributed by atoms with Crippen LogP contribution in [0, 0.1) is 0 Å². The maximum Gasteiger partial charge on any atom is 0.137 e. The minimum absolute atomic E-state index is 0.254. The van der Waals surface area contributed by atoms with E-state index in [4.69, 9.17) is 0 Å². The molecule has 2 aromatic heterocycles. The Morgan fingerprint density at radius 3 is 3.00 bits per heavy atom. The molecule has 16 heavy (non-hydrogen) atoms. The number of aromatic nitrogens is 4. The summed E-state index contributed by atoms with van der Waals surface area (Å²) in [5.74, 6) is 0.903. The number of rotatable bonds is 5. The first-order chi connectivity index (χ1) is 7.86. The van der Waals surface area contributed by atoms with Gasteiger partial charge >= 0.3 is 0 Å². The van der Waals surface area contributed by atoms with Crippen LogP contribution >= 0.6 is 0 Å². The van der Waals surface area contributed by atoms with E-state index in [1.54, 1.807) is 0 Å². The molecule has 5 nitrogen and oxygen atoms in total. The number of nitrogens with one attached hydrogen (secondary N) is 2. The number of hydrogen-bond donors (Lipinski definition) is 2. The van der Waals surface area contributed by atoms with Crippen molar-refractivity contribution in [2.75, 3.05) is 6.54 Å². The Morgan fingerprint density at radius 2 is 2.31 bits per heavy atom. The van der Waals surface area contributed by atoms with E-state index in [0.29, 0.717) is 0 Å². The molecule has 5 heteroatoms. The summed E-state index contributed by atoms with van der Waals surface area (Å²) in [5, 5.41) is 10.0. The van der Waals surface area contributed by atoms with Gasteiger partial charge in [-0.1, -0.05) is 6.07 Å². The van der Waals surface area contributed by atoms with Crippen molar-refractivity contribution in [1.29, 1.82) is 0 Å². The first kappa shape index (κ1) is 10.8. The smallest absolute Gasteiger partial charge is 0.137 e. The zero-order valence-corrected chi connectivity index (χ0v) is 9.22. The summed E-state index contributed by atoms with van der Waals surface area (Å²) in [5.41, 5.74) is 1.06. The minimum Gasteiger partial charge on any atom is -0.308 e. The van der Waals surface area contributed by atoms with Crippen molar-refractivity contribution in [3.05, 3.63) is 42.2 Å². The highest BCUT2D eigenvalue weighted by Gasteiger charge is 2.05. The van der Waals surface area contributed by atoms with Crippen molar-refractivity contribution in [3.8, 4) is 0 Å². The van der Waals surface area contributed by atoms with Crippen molar-refractivity contribution < 1.29 is 0 Å². The van der Waals surface area contributed by atoms with Crippen LogP contribution in [0.2, 0.25) is 0 Å². The fraction of sp³-hybridized carbons (Fsp3) is 0.364. The minimum atomic E-state index is 0.254. The molecule has 2 N–H and O–H groups in total. The Hall–Kier alpha value is -1.75. The summed E-state index contributed by atoms with van der Waals surface area (Å²) in [7, 11) is 0. The van der Waals surface area contributed by atoms with Gasteiger partial charge in [-0.2, -0.15) is 5.10 Å². The van der Waals surface area contributed by atoms with E-state index in [2.05, 4.69) is 32.4 Å². The summed E-state index contributed by atoms with van der Waals surface area (Å²) in [6.45, 7) is 2.95. The van der Waals surface area contributed by atoms with Crippen LogP contribution in [0.5, 0.6) is 0 Å². The van der Waals surface area contributed by atoms with E-state index in [1.165, 1.54) is 6.33 Å². The Bertz CT molecular complexity index is 398. The molecule has 0 saturated heterocycles. The third-order valence-corrected chi connectivity index (χ3v) is 2.41. The Labute approximate surface area is 94.3 Å². The number of H-pyrrole nitrogens is 1. The monoisotopic (exact) mass is 217 g/mol. The third kappa shape index (κ3) is 2.87. The van der Waals surface area contributed by atoms with Gasteiger partial charge in [-0.25, -0.2) is 4.98 Å². The maximum absolute atomic E-state index is 4.30. The van der Waals surface area contributed by atoms with Gasteiger partial charge in [-0.15, -0.1) is 0 Å². The van der Waals surface area contributed by atoms with Crippen molar-refractivity contribution in [2.45, 2.75) is 19.4 Å². The van der Waals surface area contributed by atoms with Gasteiger partial charge < -0.3 is 5.32 Å². The molecule has 2 aromatic rings. The molecule has 0 bridgehead atoms. The Morgan fingerprint density at radius 1 is 1.38 bits per heavy atom. The molecule has 0 aliphatic heterocycles. The van der Waals surface area contributed by atoms with Crippen molar-refractivity contribution in [1.82, 2.24) is 25.5 Å². The fourth-order valence-electron chi connectivity index (χ4n) is 1.50.